The molecule has 2 atom stereocenters. The van der Waals surface area contributed by atoms with Crippen LogP contribution in [-0.2, 0) is 11.3 Å². The number of nitrogens with one attached hydrogen (secondary N) is 1. The third-order valence-corrected chi connectivity index (χ3v) is 5.39. The summed E-state index contributed by atoms with van der Waals surface area (Å²) in [7, 11) is 1.62. The minimum absolute atomic E-state index is 0.0443. The van der Waals surface area contributed by atoms with Gasteiger partial charge in [-0.05, 0) is 48.2 Å². The topological polar surface area (TPSA) is 71.5 Å². The molecule has 29 heavy (non-hydrogen) atoms. The molecule has 4 rings (SSSR count). The molecule has 1 heterocycles. The number of carbonyl (C=O) groups is 1. The van der Waals surface area contributed by atoms with Crippen LogP contribution in [0, 0.1) is 12.8 Å². The van der Waals surface area contributed by atoms with Crippen LogP contribution in [-0.4, -0.2) is 23.2 Å². The monoisotopic (exact) mass is 388 g/mol. The zero-order valence-electron chi connectivity index (χ0n) is 16.6. The molecule has 1 saturated carbocycles. The third-order valence-electron chi connectivity index (χ3n) is 5.39. The summed E-state index contributed by atoms with van der Waals surface area (Å²) < 4.78 is 5.53. The molecule has 2 aromatic carbocycles. The smallest absolute Gasteiger partial charge is 0.307 e. The maximum absolute atomic E-state index is 11.2. The van der Waals surface area contributed by atoms with Gasteiger partial charge in [0.15, 0.2) is 0 Å². The number of hydrogen-bond acceptors (Lipinski definition) is 4. The van der Waals surface area contributed by atoms with Gasteiger partial charge in [-0.3, -0.25) is 4.79 Å². The zero-order chi connectivity index (χ0) is 20.4. The van der Waals surface area contributed by atoms with Crippen LogP contribution in [0.15, 0.2) is 60.8 Å². The summed E-state index contributed by atoms with van der Waals surface area (Å²) in [6.45, 7) is 2.81. The van der Waals surface area contributed by atoms with Crippen LogP contribution in [0.5, 0.6) is 5.75 Å². The molecule has 1 aromatic heterocycles. The van der Waals surface area contributed by atoms with Crippen LogP contribution in [0.25, 0.3) is 11.1 Å². The Hall–Kier alpha value is -3.34. The van der Waals surface area contributed by atoms with E-state index in [1.807, 2.05) is 36.5 Å². The number of hydrogen-bond donors (Lipinski definition) is 2. The van der Waals surface area contributed by atoms with Crippen molar-refractivity contribution >= 4 is 11.8 Å². The Balaban J connectivity index is 1.46. The summed E-state index contributed by atoms with van der Waals surface area (Å²) in [5, 5.41) is 12.5. The number of methoxy groups -OCH3 is 1. The molecule has 5 heteroatoms. The molecule has 0 saturated heterocycles. The van der Waals surface area contributed by atoms with E-state index in [1.54, 1.807) is 7.11 Å². The number of aromatic nitrogens is 1. The number of carboxylic acids is 1. The van der Waals surface area contributed by atoms with E-state index in [0.29, 0.717) is 6.42 Å². The van der Waals surface area contributed by atoms with E-state index in [4.69, 9.17) is 4.74 Å². The van der Waals surface area contributed by atoms with Crippen LogP contribution in [0.2, 0.25) is 0 Å². The lowest BCUT2D eigenvalue weighted by Crippen LogP contribution is -2.01. The van der Waals surface area contributed by atoms with E-state index in [-0.39, 0.29) is 11.8 Å². The van der Waals surface area contributed by atoms with Crippen molar-refractivity contribution in [2.24, 2.45) is 5.92 Å². The van der Waals surface area contributed by atoms with Crippen LogP contribution < -0.4 is 10.1 Å². The quantitative estimate of drug-likeness (QED) is 0.604. The molecule has 1 fully saturated rings. The number of nitrogens with zero attached hydrogens (tertiary/aromatic N) is 1. The van der Waals surface area contributed by atoms with Crippen molar-refractivity contribution in [2.75, 3.05) is 12.4 Å². The van der Waals surface area contributed by atoms with Gasteiger partial charge in [0.1, 0.15) is 11.6 Å². The number of aliphatic carboxylic acids is 1. The first-order valence-electron chi connectivity index (χ1n) is 9.71. The number of benzene rings is 2. The van der Waals surface area contributed by atoms with Gasteiger partial charge in [0, 0.05) is 24.2 Å². The van der Waals surface area contributed by atoms with Crippen molar-refractivity contribution < 1.29 is 14.6 Å². The van der Waals surface area contributed by atoms with Crippen molar-refractivity contribution in [1.82, 2.24) is 4.98 Å². The van der Waals surface area contributed by atoms with E-state index in [2.05, 4.69) is 41.5 Å². The second-order valence-corrected chi connectivity index (χ2v) is 7.52. The van der Waals surface area contributed by atoms with Crippen LogP contribution >= 0.6 is 0 Å². The van der Waals surface area contributed by atoms with Gasteiger partial charge in [-0.2, -0.15) is 0 Å². The molecule has 2 N–H and O–H groups in total. The van der Waals surface area contributed by atoms with Gasteiger partial charge in [0.2, 0.25) is 0 Å². The standard InChI is InChI=1S/C24H24N2O3/c1-15-4-3-5-16(10-15)13-25-23-9-7-18(14-26-23)17-6-8-19(22(11-17)29-2)20-12-21(20)24(27)28/h3-11,14,20-21H,12-13H2,1-2H3,(H,25,26)(H,27,28). The molecule has 148 valence electrons. The van der Waals surface area contributed by atoms with Gasteiger partial charge in [-0.25, -0.2) is 4.98 Å². The molecule has 5 nitrogen and oxygen atoms in total. The fourth-order valence-electron chi connectivity index (χ4n) is 3.69. The fourth-order valence-corrected chi connectivity index (χ4v) is 3.69. The molecular weight excluding hydrogens is 364 g/mol. The normalized spacial score (nSPS) is 17.6. The first-order valence-corrected chi connectivity index (χ1v) is 9.71. The number of anilines is 1. The van der Waals surface area contributed by atoms with Crippen LogP contribution in [0.1, 0.15) is 29.0 Å². The van der Waals surface area contributed by atoms with E-state index < -0.39 is 5.97 Å². The maximum Gasteiger partial charge on any atom is 0.307 e. The zero-order valence-corrected chi connectivity index (χ0v) is 16.6. The Morgan fingerprint density at radius 1 is 1.17 bits per heavy atom. The second kappa shape index (κ2) is 7.95. The molecular formula is C24H24N2O3. The van der Waals surface area contributed by atoms with Crippen LogP contribution in [0.3, 0.4) is 0 Å². The molecule has 3 aromatic rings. The van der Waals surface area contributed by atoms with Gasteiger partial charge in [0.25, 0.3) is 0 Å². The van der Waals surface area contributed by atoms with Crippen molar-refractivity contribution in [3.05, 3.63) is 77.5 Å². The molecule has 1 aliphatic rings. The van der Waals surface area contributed by atoms with Crippen molar-refractivity contribution in [2.45, 2.75) is 25.8 Å². The van der Waals surface area contributed by atoms with Crippen molar-refractivity contribution in [1.29, 1.82) is 0 Å². The average Bonchev–Trinajstić information content (AvgIpc) is 3.53. The highest BCUT2D eigenvalue weighted by molar-refractivity contribution is 5.76. The first-order chi connectivity index (χ1) is 14.0. The molecule has 1 aliphatic carbocycles. The molecule has 0 aliphatic heterocycles. The Morgan fingerprint density at radius 2 is 2.00 bits per heavy atom. The van der Waals surface area contributed by atoms with Crippen molar-refractivity contribution in [3.8, 4) is 16.9 Å². The third kappa shape index (κ3) is 4.24. The number of carboxylic acid groups (broad SMARTS) is 1. The van der Waals surface area contributed by atoms with Crippen LogP contribution in [0.4, 0.5) is 5.82 Å². The Labute approximate surface area is 170 Å². The van der Waals surface area contributed by atoms with Gasteiger partial charge in [-0.1, -0.05) is 42.0 Å². The molecule has 2 unspecified atom stereocenters. The first kappa shape index (κ1) is 19.0. The Kier molecular flexibility index (Phi) is 5.21. The maximum atomic E-state index is 11.2. The number of aryl methyl sites for hydroxylation is 1. The van der Waals surface area contributed by atoms with Crippen molar-refractivity contribution in [3.63, 3.8) is 0 Å². The summed E-state index contributed by atoms with van der Waals surface area (Å²) in [5.41, 5.74) is 5.41. The largest absolute Gasteiger partial charge is 0.496 e. The van der Waals surface area contributed by atoms with Gasteiger partial charge in [-0.15, -0.1) is 0 Å². The molecule has 0 amide bonds. The summed E-state index contributed by atoms with van der Waals surface area (Å²) >= 11 is 0. The molecule has 0 bridgehead atoms. The minimum atomic E-state index is -0.737. The summed E-state index contributed by atoms with van der Waals surface area (Å²) in [5.74, 6) is 0.566. The van der Waals surface area contributed by atoms with Gasteiger partial charge >= 0.3 is 5.97 Å². The summed E-state index contributed by atoms with van der Waals surface area (Å²) in [6.07, 6.45) is 2.51. The lowest BCUT2D eigenvalue weighted by atomic mass is 10.0. The summed E-state index contributed by atoms with van der Waals surface area (Å²) in [4.78, 5) is 15.7. The molecule has 0 spiro atoms. The second-order valence-electron chi connectivity index (χ2n) is 7.52. The molecule has 0 radical (unpaired) electrons. The van der Waals surface area contributed by atoms with E-state index in [9.17, 15) is 9.90 Å². The van der Waals surface area contributed by atoms with E-state index >= 15 is 0 Å². The highest BCUT2D eigenvalue weighted by Gasteiger charge is 2.45. The number of ether oxygens (including phenoxy) is 1. The fraction of sp³-hybridized carbons (Fsp3) is 0.250. The minimum Gasteiger partial charge on any atom is -0.496 e. The number of pyridine rings is 1. The Morgan fingerprint density at radius 3 is 2.66 bits per heavy atom. The lowest BCUT2D eigenvalue weighted by molar-refractivity contribution is -0.138. The van der Waals surface area contributed by atoms with Gasteiger partial charge in [0.05, 0.1) is 13.0 Å². The summed E-state index contributed by atoms with van der Waals surface area (Å²) in [6, 6.07) is 18.3. The van der Waals surface area contributed by atoms with Gasteiger partial charge < -0.3 is 15.2 Å². The average molecular weight is 388 g/mol. The SMILES string of the molecule is COc1cc(-c2ccc(NCc3cccc(C)c3)nc2)ccc1C1CC1C(=O)O. The highest BCUT2D eigenvalue weighted by Crippen LogP contribution is 2.51. The Bertz CT molecular complexity index is 1030. The van der Waals surface area contributed by atoms with E-state index in [0.717, 1.165) is 34.8 Å². The predicted octanol–water partition coefficient (Wildman–Crippen LogP) is 4.87. The predicted molar refractivity (Wildman–Crippen MR) is 113 cm³/mol. The van der Waals surface area contributed by atoms with E-state index in [1.165, 1.54) is 11.1 Å². The lowest BCUT2D eigenvalue weighted by Gasteiger charge is -2.11. The highest BCUT2D eigenvalue weighted by atomic mass is 16.5. The number of rotatable bonds is 7.